The van der Waals surface area contributed by atoms with Gasteiger partial charge in [0.15, 0.2) is 0 Å². The van der Waals surface area contributed by atoms with Gasteiger partial charge < -0.3 is 4.90 Å². The summed E-state index contributed by atoms with van der Waals surface area (Å²) >= 11 is 1.90. The van der Waals surface area contributed by atoms with E-state index in [0.29, 0.717) is 0 Å². The molecule has 2 heterocycles. The van der Waals surface area contributed by atoms with Crippen LogP contribution in [-0.2, 0) is 0 Å². The van der Waals surface area contributed by atoms with Gasteiger partial charge in [-0.3, -0.25) is 0 Å². The molecule has 8 rings (SSSR count). The maximum atomic E-state index is 2.45. The molecule has 0 radical (unpaired) electrons. The normalized spacial score (nSPS) is 12.9. The Morgan fingerprint density at radius 2 is 1.05 bits per heavy atom. The van der Waals surface area contributed by atoms with Crippen molar-refractivity contribution in [3.8, 4) is 22.3 Å². The van der Waals surface area contributed by atoms with Gasteiger partial charge in [-0.1, -0.05) is 126 Å². The van der Waals surface area contributed by atoms with Gasteiger partial charge >= 0.3 is 0 Å². The molecule has 0 saturated heterocycles. The molecule has 0 amide bonds. The van der Waals surface area contributed by atoms with Crippen LogP contribution in [0.1, 0.15) is 0 Å². The third-order valence-electron chi connectivity index (χ3n) is 7.92. The lowest BCUT2D eigenvalue weighted by molar-refractivity contribution is 1.27. The van der Waals surface area contributed by atoms with Gasteiger partial charge in [0, 0.05) is 26.9 Å². The molecule has 1 nitrogen and oxygen atoms in total. The molecule has 0 atom stereocenters. The first kappa shape index (κ1) is 22.5. The molecule has 2 aliphatic rings. The van der Waals surface area contributed by atoms with E-state index in [0.717, 1.165) is 0 Å². The average molecular weight is 513 g/mol. The minimum atomic E-state index is 0.162. The number of rotatable bonds is 3. The molecule has 0 N–H and O–H groups in total. The summed E-state index contributed by atoms with van der Waals surface area (Å²) in [5.74, 6) is 0. The van der Waals surface area contributed by atoms with Crippen molar-refractivity contribution >= 4 is 51.9 Å². The van der Waals surface area contributed by atoms with Crippen LogP contribution in [0.2, 0.25) is 0 Å². The van der Waals surface area contributed by atoms with Gasteiger partial charge in [0.1, 0.15) is 0 Å². The Balaban J connectivity index is 1.41. The molecule has 0 aromatic heterocycles. The number of nitrogens with zero attached hydrogens (tertiary/aromatic N) is 1. The van der Waals surface area contributed by atoms with Crippen molar-refractivity contribution < 1.29 is 0 Å². The lowest BCUT2D eigenvalue weighted by Crippen LogP contribution is -2.59. The van der Waals surface area contributed by atoms with E-state index >= 15 is 0 Å². The van der Waals surface area contributed by atoms with Gasteiger partial charge in [-0.05, 0) is 69.6 Å². The van der Waals surface area contributed by atoms with E-state index in [1.54, 1.807) is 0 Å². The molecule has 6 aromatic carbocycles. The SMILES string of the molecule is c1ccc(-c2ccc3c(c2)B2c4cc(-c5ccccc5)ccc4N(c4ccccc4)c4cccc(c42)S3)cc1. The number of para-hydroxylation sites is 1. The van der Waals surface area contributed by atoms with Gasteiger partial charge in [-0.2, -0.15) is 0 Å². The van der Waals surface area contributed by atoms with Crippen LogP contribution in [0, 0.1) is 0 Å². The molecule has 0 unspecified atom stereocenters. The number of benzene rings is 6. The lowest BCUT2D eigenvalue weighted by Gasteiger charge is -2.40. The second-order valence-corrected chi connectivity index (χ2v) is 11.2. The Labute approximate surface area is 233 Å². The van der Waals surface area contributed by atoms with E-state index < -0.39 is 0 Å². The van der Waals surface area contributed by atoms with Gasteiger partial charge in [0.05, 0.1) is 0 Å². The summed E-state index contributed by atoms with van der Waals surface area (Å²) in [5, 5.41) is 0. The third kappa shape index (κ3) is 3.65. The van der Waals surface area contributed by atoms with Crippen molar-refractivity contribution in [1.82, 2.24) is 0 Å². The van der Waals surface area contributed by atoms with Crippen LogP contribution in [0.3, 0.4) is 0 Å². The number of hydrogen-bond acceptors (Lipinski definition) is 2. The first-order chi connectivity index (χ1) is 19.3. The van der Waals surface area contributed by atoms with Gasteiger partial charge in [-0.15, -0.1) is 0 Å². The lowest BCUT2D eigenvalue weighted by atomic mass is 9.34. The highest BCUT2D eigenvalue weighted by molar-refractivity contribution is 8.00. The topological polar surface area (TPSA) is 3.24 Å². The quantitative estimate of drug-likeness (QED) is 0.222. The molecule has 0 spiro atoms. The largest absolute Gasteiger partial charge is 0.311 e. The number of fused-ring (bicyclic) bond motifs is 4. The molecule has 0 bridgehead atoms. The maximum Gasteiger partial charge on any atom is 0.249 e. The number of anilines is 3. The van der Waals surface area contributed by atoms with Gasteiger partial charge in [0.25, 0.3) is 0 Å². The summed E-state index contributed by atoms with van der Waals surface area (Å²) in [7, 11) is 0. The first-order valence-corrected chi connectivity index (χ1v) is 14.2. The second-order valence-electron chi connectivity index (χ2n) is 10.2. The summed E-state index contributed by atoms with van der Waals surface area (Å²) in [5.41, 5.74) is 12.9. The van der Waals surface area contributed by atoms with Crippen LogP contribution in [0.25, 0.3) is 22.3 Å². The summed E-state index contributed by atoms with van der Waals surface area (Å²) in [6, 6.07) is 53.1. The minimum Gasteiger partial charge on any atom is -0.311 e. The fourth-order valence-corrected chi connectivity index (χ4v) is 7.31. The smallest absolute Gasteiger partial charge is 0.249 e. The zero-order valence-electron chi connectivity index (χ0n) is 21.3. The van der Waals surface area contributed by atoms with E-state index in [2.05, 4.69) is 150 Å². The van der Waals surface area contributed by atoms with Crippen molar-refractivity contribution in [2.24, 2.45) is 0 Å². The van der Waals surface area contributed by atoms with Crippen molar-refractivity contribution in [1.29, 1.82) is 0 Å². The molecule has 0 aliphatic carbocycles. The van der Waals surface area contributed by atoms with Gasteiger partial charge in [-0.25, -0.2) is 0 Å². The van der Waals surface area contributed by atoms with Crippen LogP contribution in [0.4, 0.5) is 17.1 Å². The molecule has 3 heteroatoms. The molecule has 2 aliphatic heterocycles. The maximum absolute atomic E-state index is 2.45. The predicted octanol–water partition coefficient (Wildman–Crippen LogP) is 7.78. The van der Waals surface area contributed by atoms with Gasteiger partial charge in [0.2, 0.25) is 6.71 Å². The van der Waals surface area contributed by atoms with Crippen LogP contribution in [0.15, 0.2) is 155 Å². The standard InChI is InChI=1S/C36H24BNS/c1-4-11-25(12-5-1)27-19-21-32-30(23-27)37-31-24-28(26-13-6-2-7-14-26)20-22-34(31)39-35-18-10-17-33(36(35)37)38(32)29-15-8-3-9-16-29/h1-24H. The molecule has 0 fully saturated rings. The van der Waals surface area contributed by atoms with E-state index in [9.17, 15) is 0 Å². The van der Waals surface area contributed by atoms with E-state index in [1.165, 1.54) is 65.5 Å². The Morgan fingerprint density at radius 1 is 0.436 bits per heavy atom. The molecular formula is C36H24BNS. The highest BCUT2D eigenvalue weighted by Crippen LogP contribution is 2.42. The van der Waals surface area contributed by atoms with Crippen molar-refractivity contribution in [3.05, 3.63) is 146 Å². The Morgan fingerprint density at radius 3 is 1.74 bits per heavy atom. The van der Waals surface area contributed by atoms with E-state index in [-0.39, 0.29) is 6.71 Å². The zero-order valence-corrected chi connectivity index (χ0v) is 22.1. The highest BCUT2D eigenvalue weighted by atomic mass is 32.2. The summed E-state index contributed by atoms with van der Waals surface area (Å²) in [4.78, 5) is 5.13. The van der Waals surface area contributed by atoms with E-state index in [4.69, 9.17) is 0 Å². The average Bonchev–Trinajstić information content (AvgIpc) is 3.02. The van der Waals surface area contributed by atoms with Crippen molar-refractivity contribution in [2.75, 3.05) is 4.90 Å². The molecular weight excluding hydrogens is 489 g/mol. The van der Waals surface area contributed by atoms with E-state index in [1.807, 2.05) is 11.8 Å². The second kappa shape index (κ2) is 9.08. The van der Waals surface area contributed by atoms with Crippen LogP contribution in [0.5, 0.6) is 0 Å². The zero-order chi connectivity index (χ0) is 25.8. The highest BCUT2D eigenvalue weighted by Gasteiger charge is 2.40. The molecule has 182 valence electrons. The summed E-state index contributed by atoms with van der Waals surface area (Å²) in [6.07, 6.45) is 0. The number of hydrogen-bond donors (Lipinski definition) is 0. The monoisotopic (exact) mass is 513 g/mol. The fraction of sp³-hybridized carbons (Fsp3) is 0. The fourth-order valence-electron chi connectivity index (χ4n) is 6.17. The van der Waals surface area contributed by atoms with Crippen LogP contribution < -0.4 is 21.3 Å². The molecule has 0 saturated carbocycles. The van der Waals surface area contributed by atoms with Crippen molar-refractivity contribution in [3.63, 3.8) is 0 Å². The summed E-state index contributed by atoms with van der Waals surface area (Å²) in [6.45, 7) is 0.162. The van der Waals surface area contributed by atoms with Crippen LogP contribution >= 0.6 is 11.8 Å². The Kier molecular flexibility index (Phi) is 5.24. The first-order valence-electron chi connectivity index (χ1n) is 13.4. The molecule has 39 heavy (non-hydrogen) atoms. The minimum absolute atomic E-state index is 0.162. The Hall–Kier alpha value is -4.47. The molecule has 6 aromatic rings. The predicted molar refractivity (Wildman–Crippen MR) is 167 cm³/mol. The third-order valence-corrected chi connectivity index (χ3v) is 9.09. The van der Waals surface area contributed by atoms with Crippen molar-refractivity contribution in [2.45, 2.75) is 9.79 Å². The Bertz CT molecular complexity index is 1830. The van der Waals surface area contributed by atoms with Crippen LogP contribution in [-0.4, -0.2) is 6.71 Å². The summed E-state index contributed by atoms with van der Waals surface area (Å²) < 4.78 is 0.